The molecule has 0 radical (unpaired) electrons. The van der Waals surface area contributed by atoms with Gasteiger partial charge in [-0.25, -0.2) is 0 Å². The molecule has 0 aliphatic heterocycles. The van der Waals surface area contributed by atoms with Crippen molar-refractivity contribution in [2.24, 2.45) is 0 Å². The molecule has 0 atom stereocenters. The molecular weight excluding hydrogens is 336 g/mol. The maximum absolute atomic E-state index is 5.93. The van der Waals surface area contributed by atoms with Crippen molar-refractivity contribution in [3.63, 3.8) is 0 Å². The second-order valence-electron chi connectivity index (χ2n) is 6.93. The number of hydrogen-bond donors (Lipinski definition) is 2. The maximum Gasteiger partial charge on any atom is 0.119 e. The molecule has 1 aliphatic rings. The molecule has 0 fully saturated rings. The molecule has 146 valence electrons. The van der Waals surface area contributed by atoms with Gasteiger partial charge in [-0.15, -0.1) is 0 Å². The number of benzene rings is 2. The SMILES string of the molecule is CCNCCCOc1ccc2c(c1)Cc1ccc(OCCCNCC)cc1-2. The molecule has 1 aliphatic carbocycles. The average molecular weight is 369 g/mol. The normalized spacial score (nSPS) is 11.9. The molecule has 27 heavy (non-hydrogen) atoms. The van der Waals surface area contributed by atoms with Crippen molar-refractivity contribution in [2.45, 2.75) is 33.1 Å². The number of fused-ring (bicyclic) bond motifs is 3. The molecular formula is C23H32N2O2. The van der Waals surface area contributed by atoms with Gasteiger partial charge in [0.25, 0.3) is 0 Å². The summed E-state index contributed by atoms with van der Waals surface area (Å²) in [5, 5.41) is 6.65. The van der Waals surface area contributed by atoms with E-state index in [1.54, 1.807) is 0 Å². The first-order chi connectivity index (χ1) is 13.3. The molecule has 0 aromatic heterocycles. The number of ether oxygens (including phenoxy) is 2. The summed E-state index contributed by atoms with van der Waals surface area (Å²) >= 11 is 0. The maximum atomic E-state index is 5.93. The third-order valence-corrected chi connectivity index (χ3v) is 4.86. The highest BCUT2D eigenvalue weighted by molar-refractivity contribution is 5.78. The van der Waals surface area contributed by atoms with Gasteiger partial charge in [0.2, 0.25) is 0 Å². The largest absolute Gasteiger partial charge is 0.494 e. The van der Waals surface area contributed by atoms with E-state index in [9.17, 15) is 0 Å². The molecule has 2 aromatic rings. The van der Waals surface area contributed by atoms with Gasteiger partial charge in [0.15, 0.2) is 0 Å². The quantitative estimate of drug-likeness (QED) is 0.474. The highest BCUT2D eigenvalue weighted by atomic mass is 16.5. The van der Waals surface area contributed by atoms with E-state index in [1.807, 2.05) is 0 Å². The lowest BCUT2D eigenvalue weighted by atomic mass is 10.1. The monoisotopic (exact) mass is 368 g/mol. The Morgan fingerprint density at radius 3 is 2.04 bits per heavy atom. The van der Waals surface area contributed by atoms with Gasteiger partial charge in [-0.1, -0.05) is 26.0 Å². The second-order valence-corrected chi connectivity index (χ2v) is 6.93. The molecule has 2 N–H and O–H groups in total. The number of nitrogens with one attached hydrogen (secondary N) is 2. The Kier molecular flexibility index (Phi) is 7.55. The van der Waals surface area contributed by atoms with E-state index in [2.05, 4.69) is 60.9 Å². The Morgan fingerprint density at radius 1 is 0.741 bits per heavy atom. The van der Waals surface area contributed by atoms with Crippen LogP contribution >= 0.6 is 0 Å². The van der Waals surface area contributed by atoms with Crippen molar-refractivity contribution in [2.75, 3.05) is 39.4 Å². The van der Waals surface area contributed by atoms with E-state index in [0.717, 1.165) is 70.2 Å². The first kappa shape index (κ1) is 19.7. The fourth-order valence-corrected chi connectivity index (χ4v) is 3.45. The van der Waals surface area contributed by atoms with Gasteiger partial charge < -0.3 is 20.1 Å². The van der Waals surface area contributed by atoms with E-state index in [-0.39, 0.29) is 0 Å². The van der Waals surface area contributed by atoms with Crippen LogP contribution in [0.5, 0.6) is 11.5 Å². The minimum absolute atomic E-state index is 0.748. The smallest absolute Gasteiger partial charge is 0.119 e. The van der Waals surface area contributed by atoms with E-state index >= 15 is 0 Å². The van der Waals surface area contributed by atoms with Crippen LogP contribution in [0.2, 0.25) is 0 Å². The zero-order valence-electron chi connectivity index (χ0n) is 16.6. The molecule has 2 aromatic carbocycles. The van der Waals surface area contributed by atoms with Gasteiger partial charge in [-0.3, -0.25) is 0 Å². The fourth-order valence-electron chi connectivity index (χ4n) is 3.45. The molecule has 0 saturated carbocycles. The van der Waals surface area contributed by atoms with Gasteiger partial charge in [0, 0.05) is 0 Å². The number of rotatable bonds is 12. The predicted molar refractivity (Wildman–Crippen MR) is 112 cm³/mol. The Hall–Kier alpha value is -2.04. The van der Waals surface area contributed by atoms with Crippen molar-refractivity contribution in [1.82, 2.24) is 10.6 Å². The van der Waals surface area contributed by atoms with Crippen LogP contribution in [-0.2, 0) is 6.42 Å². The van der Waals surface area contributed by atoms with Gasteiger partial charge in [-0.05, 0) is 92.0 Å². The van der Waals surface area contributed by atoms with Crippen LogP contribution in [0.1, 0.15) is 37.8 Å². The topological polar surface area (TPSA) is 42.5 Å². The summed E-state index contributed by atoms with van der Waals surface area (Å²) in [7, 11) is 0. The standard InChI is InChI=1S/C23H32N2O2/c1-3-24-11-5-13-26-20-9-10-22-19(16-20)15-18-7-8-21(17-23(18)22)27-14-6-12-25-4-2/h7-10,16-17,24-25H,3-6,11-15H2,1-2H3. The van der Waals surface area contributed by atoms with Crippen LogP contribution in [0.3, 0.4) is 0 Å². The summed E-state index contributed by atoms with van der Waals surface area (Å²) in [5.41, 5.74) is 5.32. The highest BCUT2D eigenvalue weighted by Gasteiger charge is 2.19. The van der Waals surface area contributed by atoms with E-state index < -0.39 is 0 Å². The van der Waals surface area contributed by atoms with Crippen LogP contribution in [0, 0.1) is 0 Å². The third kappa shape index (κ3) is 5.47. The van der Waals surface area contributed by atoms with E-state index in [1.165, 1.54) is 22.3 Å². The molecule has 4 nitrogen and oxygen atoms in total. The zero-order valence-corrected chi connectivity index (χ0v) is 16.6. The van der Waals surface area contributed by atoms with Crippen LogP contribution in [0.4, 0.5) is 0 Å². The molecule has 0 unspecified atom stereocenters. The fraction of sp³-hybridized carbons (Fsp3) is 0.478. The van der Waals surface area contributed by atoms with E-state index in [4.69, 9.17) is 9.47 Å². The van der Waals surface area contributed by atoms with Crippen molar-refractivity contribution in [3.8, 4) is 22.6 Å². The molecule has 0 saturated heterocycles. The summed E-state index contributed by atoms with van der Waals surface area (Å²) < 4.78 is 11.8. The van der Waals surface area contributed by atoms with Crippen molar-refractivity contribution < 1.29 is 9.47 Å². The van der Waals surface area contributed by atoms with Crippen molar-refractivity contribution in [3.05, 3.63) is 47.5 Å². The Morgan fingerprint density at radius 2 is 1.37 bits per heavy atom. The molecule has 0 spiro atoms. The highest BCUT2D eigenvalue weighted by Crippen LogP contribution is 2.40. The second kappa shape index (κ2) is 10.3. The average Bonchev–Trinajstić information content (AvgIpc) is 3.05. The summed E-state index contributed by atoms with van der Waals surface area (Å²) in [4.78, 5) is 0. The summed E-state index contributed by atoms with van der Waals surface area (Å²) in [6, 6.07) is 13.0. The molecule has 0 amide bonds. The lowest BCUT2D eigenvalue weighted by molar-refractivity contribution is 0.308. The minimum Gasteiger partial charge on any atom is -0.494 e. The van der Waals surface area contributed by atoms with Crippen LogP contribution in [0.25, 0.3) is 11.1 Å². The van der Waals surface area contributed by atoms with Crippen LogP contribution in [0.15, 0.2) is 36.4 Å². The Labute approximate surface area is 163 Å². The Balaban J connectivity index is 1.57. The minimum atomic E-state index is 0.748. The molecule has 0 heterocycles. The molecule has 0 bridgehead atoms. The lowest BCUT2D eigenvalue weighted by Crippen LogP contribution is -2.16. The van der Waals surface area contributed by atoms with Gasteiger partial charge >= 0.3 is 0 Å². The third-order valence-electron chi connectivity index (χ3n) is 4.86. The molecule has 3 rings (SSSR count). The predicted octanol–water partition coefficient (Wildman–Crippen LogP) is 4.01. The van der Waals surface area contributed by atoms with E-state index in [0.29, 0.717) is 0 Å². The van der Waals surface area contributed by atoms with Crippen molar-refractivity contribution >= 4 is 0 Å². The summed E-state index contributed by atoms with van der Waals surface area (Å²) in [6.45, 7) is 9.78. The zero-order chi connectivity index (χ0) is 18.9. The first-order valence-corrected chi connectivity index (χ1v) is 10.2. The summed E-state index contributed by atoms with van der Waals surface area (Å²) in [5.74, 6) is 1.93. The summed E-state index contributed by atoms with van der Waals surface area (Å²) in [6.07, 6.45) is 3.02. The lowest BCUT2D eigenvalue weighted by Gasteiger charge is -2.10. The van der Waals surface area contributed by atoms with Gasteiger partial charge in [0.05, 0.1) is 13.2 Å². The Bertz CT molecular complexity index is 730. The van der Waals surface area contributed by atoms with Crippen LogP contribution in [-0.4, -0.2) is 39.4 Å². The van der Waals surface area contributed by atoms with Gasteiger partial charge in [-0.2, -0.15) is 0 Å². The molecule has 4 heteroatoms. The van der Waals surface area contributed by atoms with Crippen molar-refractivity contribution in [1.29, 1.82) is 0 Å². The number of hydrogen-bond acceptors (Lipinski definition) is 4. The van der Waals surface area contributed by atoms with Gasteiger partial charge in [0.1, 0.15) is 11.5 Å². The first-order valence-electron chi connectivity index (χ1n) is 10.2. The van der Waals surface area contributed by atoms with Crippen LogP contribution < -0.4 is 20.1 Å².